The summed E-state index contributed by atoms with van der Waals surface area (Å²) < 4.78 is 4.36. The van der Waals surface area contributed by atoms with Crippen molar-refractivity contribution < 1.29 is 0 Å². The van der Waals surface area contributed by atoms with Gasteiger partial charge in [-0.25, -0.2) is 0 Å². The molecule has 84 valence electrons. The average molecular weight is 303 g/mol. The van der Waals surface area contributed by atoms with Gasteiger partial charge in [-0.1, -0.05) is 0 Å². The Kier molecular flexibility index (Phi) is 3.02. The molecule has 2 heteroatoms. The summed E-state index contributed by atoms with van der Waals surface area (Å²) in [7, 11) is 0. The van der Waals surface area contributed by atoms with E-state index < -0.39 is 0 Å². The van der Waals surface area contributed by atoms with Crippen molar-refractivity contribution in [2.45, 2.75) is 6.92 Å². The van der Waals surface area contributed by atoms with Crippen LogP contribution in [0.2, 0.25) is 0 Å². The van der Waals surface area contributed by atoms with E-state index in [1.165, 1.54) is 24.6 Å². The normalized spacial score (nSPS) is 10.9. The zero-order chi connectivity index (χ0) is 11.7. The fourth-order valence-electron chi connectivity index (χ4n) is 1.81. The predicted octanol–water partition coefficient (Wildman–Crippen LogP) is 2.86. The first kappa shape index (κ1) is 11.0. The number of hydrogen-bond donors (Lipinski definition) is 0. The standard InChI is InChI=1S/C15H12SSe/c1-11-7-8-14-13(9-11)15(10-16-14)17-12-5-3-2-4-6-12/h2-10H,1H3. The van der Waals surface area contributed by atoms with Gasteiger partial charge in [-0.15, -0.1) is 0 Å². The Labute approximate surface area is 111 Å². The van der Waals surface area contributed by atoms with E-state index >= 15 is 0 Å². The number of hydrogen-bond acceptors (Lipinski definition) is 1. The second-order valence-electron chi connectivity index (χ2n) is 4.01. The van der Waals surface area contributed by atoms with Crippen molar-refractivity contribution in [1.29, 1.82) is 0 Å². The van der Waals surface area contributed by atoms with Gasteiger partial charge in [0.15, 0.2) is 0 Å². The molecule has 0 spiro atoms. The maximum absolute atomic E-state index is 2.32. The molecular weight excluding hydrogens is 291 g/mol. The molecule has 0 saturated heterocycles. The molecule has 0 nitrogen and oxygen atoms in total. The minimum absolute atomic E-state index is 0.424. The van der Waals surface area contributed by atoms with E-state index in [9.17, 15) is 0 Å². The molecule has 0 aliphatic rings. The van der Waals surface area contributed by atoms with Crippen LogP contribution in [0.25, 0.3) is 10.1 Å². The zero-order valence-electron chi connectivity index (χ0n) is 9.51. The fourth-order valence-corrected chi connectivity index (χ4v) is 5.15. The Bertz CT molecular complexity index is 640. The Morgan fingerprint density at radius 1 is 1.00 bits per heavy atom. The van der Waals surface area contributed by atoms with Crippen molar-refractivity contribution >= 4 is 45.3 Å². The van der Waals surface area contributed by atoms with Crippen LogP contribution >= 0.6 is 11.3 Å². The third kappa shape index (κ3) is 2.30. The van der Waals surface area contributed by atoms with Gasteiger partial charge in [0.05, 0.1) is 0 Å². The van der Waals surface area contributed by atoms with Gasteiger partial charge in [0.25, 0.3) is 0 Å². The van der Waals surface area contributed by atoms with Crippen LogP contribution in [0.3, 0.4) is 0 Å². The molecule has 1 aromatic heterocycles. The van der Waals surface area contributed by atoms with E-state index in [1.54, 1.807) is 0 Å². The number of benzene rings is 2. The third-order valence-corrected chi connectivity index (χ3v) is 6.20. The summed E-state index contributed by atoms with van der Waals surface area (Å²) in [5.41, 5.74) is 1.35. The third-order valence-electron chi connectivity index (χ3n) is 2.66. The summed E-state index contributed by atoms with van der Waals surface area (Å²) in [6, 6.07) is 17.5. The van der Waals surface area contributed by atoms with Crippen LogP contribution in [0, 0.1) is 6.92 Å². The van der Waals surface area contributed by atoms with E-state index in [4.69, 9.17) is 0 Å². The van der Waals surface area contributed by atoms with Crippen LogP contribution in [0.5, 0.6) is 0 Å². The molecule has 0 bridgehead atoms. The van der Waals surface area contributed by atoms with Crippen LogP contribution in [0.4, 0.5) is 0 Å². The first-order chi connectivity index (χ1) is 8.33. The Balaban J connectivity index is 2.03. The quantitative estimate of drug-likeness (QED) is 0.639. The summed E-state index contributed by atoms with van der Waals surface area (Å²) in [5, 5.41) is 3.76. The van der Waals surface area contributed by atoms with Gasteiger partial charge in [-0.3, -0.25) is 0 Å². The Hall–Kier alpha value is -1.08. The van der Waals surface area contributed by atoms with Gasteiger partial charge in [-0.2, -0.15) is 0 Å². The molecule has 17 heavy (non-hydrogen) atoms. The molecule has 0 atom stereocenters. The zero-order valence-corrected chi connectivity index (χ0v) is 12.0. The van der Waals surface area contributed by atoms with Gasteiger partial charge in [-0.05, 0) is 0 Å². The van der Waals surface area contributed by atoms with Crippen LogP contribution in [-0.2, 0) is 0 Å². The molecule has 0 amide bonds. The van der Waals surface area contributed by atoms with Crippen LogP contribution in [0.1, 0.15) is 5.56 Å². The molecule has 1 heterocycles. The number of thiophene rings is 1. The predicted molar refractivity (Wildman–Crippen MR) is 78.0 cm³/mol. The van der Waals surface area contributed by atoms with Crippen molar-refractivity contribution in [1.82, 2.24) is 0 Å². The van der Waals surface area contributed by atoms with Crippen molar-refractivity contribution in [2.75, 3.05) is 0 Å². The average Bonchev–Trinajstić information content (AvgIpc) is 2.73. The monoisotopic (exact) mass is 304 g/mol. The molecule has 3 rings (SSSR count). The first-order valence-corrected chi connectivity index (χ1v) is 8.13. The summed E-state index contributed by atoms with van der Waals surface area (Å²) in [6.45, 7) is 2.16. The summed E-state index contributed by atoms with van der Waals surface area (Å²) in [5.74, 6) is 0. The number of aryl methyl sites for hydroxylation is 1. The molecule has 0 saturated carbocycles. The molecule has 0 radical (unpaired) electrons. The minimum atomic E-state index is 0.424. The van der Waals surface area contributed by atoms with E-state index in [0.29, 0.717) is 15.0 Å². The number of fused-ring (bicyclic) bond motifs is 1. The Morgan fingerprint density at radius 3 is 2.65 bits per heavy atom. The van der Waals surface area contributed by atoms with Crippen molar-refractivity contribution in [3.63, 3.8) is 0 Å². The number of rotatable bonds is 2. The van der Waals surface area contributed by atoms with Crippen molar-refractivity contribution in [3.8, 4) is 0 Å². The van der Waals surface area contributed by atoms with Crippen molar-refractivity contribution in [2.24, 2.45) is 0 Å². The van der Waals surface area contributed by atoms with E-state index in [-0.39, 0.29) is 0 Å². The SMILES string of the molecule is Cc1ccc2scc([Se]c3ccccc3)c2c1. The van der Waals surface area contributed by atoms with Gasteiger partial charge in [0.2, 0.25) is 0 Å². The maximum atomic E-state index is 2.32. The first-order valence-electron chi connectivity index (χ1n) is 5.54. The molecular formula is C15H12SSe. The van der Waals surface area contributed by atoms with E-state index in [0.717, 1.165) is 0 Å². The van der Waals surface area contributed by atoms with Gasteiger partial charge in [0.1, 0.15) is 0 Å². The molecule has 0 aliphatic carbocycles. The van der Waals surface area contributed by atoms with Crippen LogP contribution in [0.15, 0.2) is 53.9 Å². The molecule has 0 N–H and O–H groups in total. The van der Waals surface area contributed by atoms with Crippen LogP contribution in [-0.4, -0.2) is 15.0 Å². The topological polar surface area (TPSA) is 0 Å². The van der Waals surface area contributed by atoms with Crippen LogP contribution < -0.4 is 8.92 Å². The summed E-state index contributed by atoms with van der Waals surface area (Å²) in [4.78, 5) is 0. The second kappa shape index (κ2) is 4.66. The van der Waals surface area contributed by atoms with E-state index in [2.05, 4.69) is 60.8 Å². The van der Waals surface area contributed by atoms with Gasteiger partial charge in [0, 0.05) is 0 Å². The second-order valence-corrected chi connectivity index (χ2v) is 7.27. The Morgan fingerprint density at radius 2 is 1.82 bits per heavy atom. The van der Waals surface area contributed by atoms with Gasteiger partial charge >= 0.3 is 112 Å². The molecule has 0 unspecified atom stereocenters. The van der Waals surface area contributed by atoms with E-state index in [1.807, 2.05) is 11.3 Å². The van der Waals surface area contributed by atoms with Gasteiger partial charge < -0.3 is 0 Å². The molecule has 3 aromatic rings. The summed E-state index contributed by atoms with van der Waals surface area (Å²) in [6.07, 6.45) is 0. The molecule has 0 fully saturated rings. The molecule has 2 aromatic carbocycles. The molecule has 0 aliphatic heterocycles. The summed E-state index contributed by atoms with van der Waals surface area (Å²) >= 11 is 2.28. The van der Waals surface area contributed by atoms with Crippen molar-refractivity contribution in [3.05, 3.63) is 59.5 Å². The fraction of sp³-hybridized carbons (Fsp3) is 0.0667.